The molecule has 8 heteroatoms. The number of hydrogen-bond acceptors (Lipinski definition) is 8. The molecule has 2 aliphatic heterocycles. The molecule has 2 heterocycles. The highest BCUT2D eigenvalue weighted by molar-refractivity contribution is 8.22. The van der Waals surface area contributed by atoms with Crippen LogP contribution in [0.15, 0.2) is 0 Å². The van der Waals surface area contributed by atoms with Gasteiger partial charge in [0.05, 0.1) is 8.16 Å². The van der Waals surface area contributed by atoms with E-state index in [1.54, 1.807) is 0 Å². The van der Waals surface area contributed by atoms with Crippen LogP contribution in [0.1, 0.15) is 64.2 Å². The number of hydrogen-bond donors (Lipinski definition) is 2. The molecular formula is C24H44S8. The molecule has 2 atom stereocenters. The molecule has 32 heavy (non-hydrogen) atoms. The highest BCUT2D eigenvalue weighted by Gasteiger charge is 2.49. The van der Waals surface area contributed by atoms with E-state index in [2.05, 4.69) is 108 Å². The maximum absolute atomic E-state index is 4.48. The van der Waals surface area contributed by atoms with Crippen LogP contribution in [0.5, 0.6) is 0 Å². The fourth-order valence-corrected chi connectivity index (χ4v) is 17.7. The minimum absolute atomic E-state index is 0.476. The van der Waals surface area contributed by atoms with E-state index < -0.39 is 0 Å². The Kier molecular flexibility index (Phi) is 14.0. The van der Waals surface area contributed by atoms with Crippen LogP contribution in [-0.2, 0) is 0 Å². The predicted molar refractivity (Wildman–Crippen MR) is 171 cm³/mol. The summed E-state index contributed by atoms with van der Waals surface area (Å²) in [6.45, 7) is 0. The zero-order valence-corrected chi connectivity index (χ0v) is 26.7. The summed E-state index contributed by atoms with van der Waals surface area (Å²) >= 11 is 22.6. The predicted octanol–water partition coefficient (Wildman–Crippen LogP) is 8.81. The summed E-state index contributed by atoms with van der Waals surface area (Å²) < 4.78 is 0.952. The largest absolute Gasteiger partial charge is 0.179 e. The van der Waals surface area contributed by atoms with Crippen molar-refractivity contribution in [3.8, 4) is 0 Å². The molecule has 0 aromatic heterocycles. The molecule has 2 unspecified atom stereocenters. The zero-order chi connectivity index (χ0) is 22.9. The third-order valence-corrected chi connectivity index (χ3v) is 18.6. The summed E-state index contributed by atoms with van der Waals surface area (Å²) in [6.07, 6.45) is 18.7. The fourth-order valence-electron chi connectivity index (χ4n) is 6.02. The van der Waals surface area contributed by atoms with Gasteiger partial charge in [-0.3, -0.25) is 0 Å². The maximum Gasteiger partial charge on any atom is 0.0732 e. The Labute approximate surface area is 235 Å². The first kappa shape index (κ1) is 29.4. The summed E-state index contributed by atoms with van der Waals surface area (Å²) in [6, 6.07) is 0. The molecule has 3 fully saturated rings. The van der Waals surface area contributed by atoms with Crippen LogP contribution in [-0.4, -0.2) is 65.7 Å². The van der Waals surface area contributed by atoms with Crippen LogP contribution in [0.3, 0.4) is 0 Å². The van der Waals surface area contributed by atoms with Crippen molar-refractivity contribution in [3.63, 3.8) is 0 Å². The average molecular weight is 589 g/mol. The molecule has 2 saturated heterocycles. The van der Waals surface area contributed by atoms with Gasteiger partial charge in [0.15, 0.2) is 0 Å². The SMILES string of the molecule is CSC(C1CCC(C(SC)C2(CCCCS)SCCS2)CC1)C1(CCCCS)SCCS1. The monoisotopic (exact) mass is 588 g/mol. The number of thiol groups is 2. The Morgan fingerprint density at radius 1 is 0.656 bits per heavy atom. The van der Waals surface area contributed by atoms with Gasteiger partial charge in [0.25, 0.3) is 0 Å². The summed E-state index contributed by atoms with van der Waals surface area (Å²) in [5.74, 6) is 9.35. The molecule has 0 radical (unpaired) electrons. The van der Waals surface area contributed by atoms with E-state index in [0.29, 0.717) is 8.16 Å². The van der Waals surface area contributed by atoms with Crippen molar-refractivity contribution in [1.82, 2.24) is 0 Å². The van der Waals surface area contributed by atoms with Crippen LogP contribution in [0.4, 0.5) is 0 Å². The van der Waals surface area contributed by atoms with Crippen molar-refractivity contribution >= 4 is 95.8 Å². The molecule has 0 amide bonds. The van der Waals surface area contributed by atoms with E-state index in [1.165, 1.54) is 87.2 Å². The molecule has 1 saturated carbocycles. The molecule has 0 nitrogen and oxygen atoms in total. The lowest BCUT2D eigenvalue weighted by molar-refractivity contribution is 0.252. The molecule has 188 valence electrons. The third kappa shape index (κ3) is 7.43. The van der Waals surface area contributed by atoms with Crippen molar-refractivity contribution in [2.45, 2.75) is 82.9 Å². The van der Waals surface area contributed by atoms with Gasteiger partial charge in [-0.2, -0.15) is 48.8 Å². The lowest BCUT2D eigenvalue weighted by Crippen LogP contribution is -2.43. The number of unbranched alkanes of at least 4 members (excludes halogenated alkanes) is 2. The number of rotatable bonds is 14. The van der Waals surface area contributed by atoms with E-state index in [-0.39, 0.29) is 0 Å². The molecule has 0 spiro atoms. The first-order valence-electron chi connectivity index (χ1n) is 12.5. The molecule has 0 bridgehead atoms. The van der Waals surface area contributed by atoms with Crippen molar-refractivity contribution < 1.29 is 0 Å². The summed E-state index contributed by atoms with van der Waals surface area (Å²) in [4.78, 5) is 0. The van der Waals surface area contributed by atoms with Gasteiger partial charge >= 0.3 is 0 Å². The average Bonchev–Trinajstić information content (AvgIpc) is 3.48. The van der Waals surface area contributed by atoms with Crippen molar-refractivity contribution in [3.05, 3.63) is 0 Å². The summed E-state index contributed by atoms with van der Waals surface area (Å²) in [5.41, 5.74) is 0. The lowest BCUT2D eigenvalue weighted by Gasteiger charge is -2.46. The second-order valence-corrected chi connectivity index (χ2v) is 18.4. The van der Waals surface area contributed by atoms with E-state index in [1.807, 2.05) is 0 Å². The van der Waals surface area contributed by atoms with Crippen LogP contribution >= 0.6 is 95.8 Å². The topological polar surface area (TPSA) is 0 Å². The van der Waals surface area contributed by atoms with Crippen molar-refractivity contribution in [2.75, 3.05) is 47.0 Å². The van der Waals surface area contributed by atoms with Crippen molar-refractivity contribution in [2.24, 2.45) is 11.8 Å². The first-order chi connectivity index (χ1) is 15.6. The van der Waals surface area contributed by atoms with Gasteiger partial charge in [0.2, 0.25) is 0 Å². The normalized spacial score (nSPS) is 29.2. The van der Waals surface area contributed by atoms with Crippen molar-refractivity contribution in [1.29, 1.82) is 0 Å². The summed E-state index contributed by atoms with van der Waals surface area (Å²) in [5, 5.41) is 1.65. The van der Waals surface area contributed by atoms with E-state index in [4.69, 9.17) is 0 Å². The molecule has 0 N–H and O–H groups in total. The van der Waals surface area contributed by atoms with Gasteiger partial charge in [0, 0.05) is 33.5 Å². The van der Waals surface area contributed by atoms with E-state index >= 15 is 0 Å². The van der Waals surface area contributed by atoms with Gasteiger partial charge in [-0.1, -0.05) is 12.8 Å². The highest BCUT2D eigenvalue weighted by atomic mass is 32.2. The minimum Gasteiger partial charge on any atom is -0.179 e. The van der Waals surface area contributed by atoms with E-state index in [0.717, 1.165) is 33.8 Å². The molecule has 3 rings (SSSR count). The first-order valence-corrected chi connectivity index (χ1v) is 20.3. The van der Waals surface area contributed by atoms with E-state index in [9.17, 15) is 0 Å². The molecular weight excluding hydrogens is 545 g/mol. The molecule has 0 aromatic carbocycles. The Morgan fingerprint density at radius 2 is 1.00 bits per heavy atom. The van der Waals surface area contributed by atoms with Gasteiger partial charge in [-0.15, -0.1) is 47.0 Å². The Bertz CT molecular complexity index is 464. The standard InChI is InChI=1S/C24H44S8/c1-27-21(23(11-3-5-13-25)29-15-16-30-23)19-7-9-20(10-8-19)22(28-2)24(12-4-6-14-26)31-17-18-32-24/h19-22,25-26H,3-18H2,1-2H3. The van der Waals surface area contributed by atoms with Crippen LogP contribution in [0, 0.1) is 11.8 Å². The van der Waals surface area contributed by atoms with Gasteiger partial charge < -0.3 is 0 Å². The maximum atomic E-state index is 4.48. The fraction of sp³-hybridized carbons (Fsp3) is 1.00. The Morgan fingerprint density at radius 3 is 1.28 bits per heavy atom. The molecule has 0 aromatic rings. The zero-order valence-electron chi connectivity index (χ0n) is 20.0. The van der Waals surface area contributed by atoms with Crippen LogP contribution < -0.4 is 0 Å². The third-order valence-electron chi connectivity index (χ3n) is 7.47. The lowest BCUT2D eigenvalue weighted by atomic mass is 9.77. The quantitative estimate of drug-likeness (QED) is 0.153. The second kappa shape index (κ2) is 15.3. The van der Waals surface area contributed by atoms with Crippen LogP contribution in [0.25, 0.3) is 0 Å². The van der Waals surface area contributed by atoms with Gasteiger partial charge in [-0.05, 0) is 87.2 Å². The second-order valence-electron chi connectivity index (χ2n) is 9.37. The number of thioether (sulfide) groups is 6. The smallest absolute Gasteiger partial charge is 0.0732 e. The Hall–Kier alpha value is 2.80. The Balaban J connectivity index is 1.62. The minimum atomic E-state index is 0.476. The molecule has 1 aliphatic carbocycles. The van der Waals surface area contributed by atoms with Crippen LogP contribution in [0.2, 0.25) is 0 Å². The summed E-state index contributed by atoms with van der Waals surface area (Å²) in [7, 11) is 0. The molecule has 3 aliphatic rings. The van der Waals surface area contributed by atoms with Gasteiger partial charge in [0.1, 0.15) is 0 Å². The highest BCUT2D eigenvalue weighted by Crippen LogP contribution is 2.59. The van der Waals surface area contributed by atoms with Gasteiger partial charge in [-0.25, -0.2) is 0 Å².